The van der Waals surface area contributed by atoms with E-state index in [1.54, 1.807) is 0 Å². The number of allylic oxidation sites excluding steroid dienone is 3. The first-order valence-corrected chi connectivity index (χ1v) is 6.12. The minimum absolute atomic E-state index is 0.180. The van der Waals surface area contributed by atoms with Gasteiger partial charge in [-0.25, -0.2) is 9.71 Å². The summed E-state index contributed by atoms with van der Waals surface area (Å²) in [4.78, 5) is 0. The van der Waals surface area contributed by atoms with Crippen LogP contribution in [0.2, 0.25) is 0 Å². The van der Waals surface area contributed by atoms with E-state index in [0.29, 0.717) is 11.8 Å². The molecule has 3 unspecified atom stereocenters. The van der Waals surface area contributed by atoms with Gasteiger partial charge in [-0.3, -0.25) is 0 Å². The highest BCUT2D eigenvalue weighted by atomic mass is 19.1. The number of hydrogen-bond acceptors (Lipinski definition) is 0. The minimum Gasteiger partial charge on any atom is -0.233 e. The molecule has 1 radical (unpaired) electrons. The Hall–Kier alpha value is -1.41. The standard InChI is InChI=1S/C15H15FN/c16-13-7-5-12(6-8-13)15-14-4-2-1-3-11(14)9-10-17-15/h1-8,11,14-15H,9-10H2. The van der Waals surface area contributed by atoms with Gasteiger partial charge in [0.05, 0.1) is 6.04 Å². The lowest BCUT2D eigenvalue weighted by Gasteiger charge is -2.36. The summed E-state index contributed by atoms with van der Waals surface area (Å²) in [6.07, 6.45) is 9.85. The summed E-state index contributed by atoms with van der Waals surface area (Å²) < 4.78 is 12.9. The first-order chi connectivity index (χ1) is 8.34. The van der Waals surface area contributed by atoms with Crippen molar-refractivity contribution in [2.45, 2.75) is 12.5 Å². The fourth-order valence-electron chi connectivity index (χ4n) is 2.77. The average molecular weight is 228 g/mol. The lowest BCUT2D eigenvalue weighted by molar-refractivity contribution is 0.265. The largest absolute Gasteiger partial charge is 0.233 e. The Morgan fingerprint density at radius 1 is 1.06 bits per heavy atom. The Morgan fingerprint density at radius 2 is 1.82 bits per heavy atom. The third kappa shape index (κ3) is 2.05. The van der Waals surface area contributed by atoms with Gasteiger partial charge < -0.3 is 0 Å². The molecule has 2 aliphatic rings. The first-order valence-electron chi connectivity index (χ1n) is 6.12. The highest BCUT2D eigenvalue weighted by molar-refractivity contribution is 5.26. The van der Waals surface area contributed by atoms with Crippen LogP contribution in [0.5, 0.6) is 0 Å². The van der Waals surface area contributed by atoms with Crippen molar-refractivity contribution in [3.63, 3.8) is 0 Å². The Kier molecular flexibility index (Phi) is 2.81. The van der Waals surface area contributed by atoms with Gasteiger partial charge in [0.2, 0.25) is 0 Å². The van der Waals surface area contributed by atoms with Crippen LogP contribution in [-0.2, 0) is 0 Å². The summed E-state index contributed by atoms with van der Waals surface area (Å²) in [5.41, 5.74) is 1.13. The van der Waals surface area contributed by atoms with Crippen LogP contribution in [0, 0.1) is 17.7 Å². The molecule has 1 saturated heterocycles. The Labute approximate surface area is 101 Å². The van der Waals surface area contributed by atoms with Gasteiger partial charge in [0.15, 0.2) is 0 Å². The van der Waals surface area contributed by atoms with Crippen molar-refractivity contribution in [1.82, 2.24) is 5.32 Å². The summed E-state index contributed by atoms with van der Waals surface area (Å²) >= 11 is 0. The van der Waals surface area contributed by atoms with Crippen molar-refractivity contribution in [3.05, 3.63) is 60.0 Å². The molecule has 1 heterocycles. The zero-order chi connectivity index (χ0) is 11.7. The van der Waals surface area contributed by atoms with Crippen LogP contribution in [0.1, 0.15) is 18.0 Å². The van der Waals surface area contributed by atoms with E-state index in [2.05, 4.69) is 24.3 Å². The molecule has 0 bridgehead atoms. The average Bonchev–Trinajstić information content (AvgIpc) is 2.39. The molecule has 1 aliphatic carbocycles. The molecular weight excluding hydrogens is 213 g/mol. The second-order valence-electron chi connectivity index (χ2n) is 4.70. The molecular formula is C15H15FN. The third-order valence-corrected chi connectivity index (χ3v) is 3.66. The number of rotatable bonds is 1. The fourth-order valence-corrected chi connectivity index (χ4v) is 2.77. The van der Waals surface area contributed by atoms with Gasteiger partial charge in [-0.1, -0.05) is 36.4 Å². The van der Waals surface area contributed by atoms with Crippen molar-refractivity contribution in [2.24, 2.45) is 11.8 Å². The molecule has 0 aromatic heterocycles. The van der Waals surface area contributed by atoms with Crippen LogP contribution >= 0.6 is 0 Å². The smallest absolute Gasteiger partial charge is 0.123 e. The number of halogens is 1. The molecule has 0 N–H and O–H groups in total. The second-order valence-corrected chi connectivity index (χ2v) is 4.70. The molecule has 17 heavy (non-hydrogen) atoms. The molecule has 1 aromatic rings. The van der Waals surface area contributed by atoms with Crippen molar-refractivity contribution in [3.8, 4) is 0 Å². The van der Waals surface area contributed by atoms with Crippen molar-refractivity contribution in [1.29, 1.82) is 0 Å². The maximum Gasteiger partial charge on any atom is 0.123 e. The summed E-state index contributed by atoms with van der Waals surface area (Å²) in [7, 11) is 0. The maximum absolute atomic E-state index is 12.9. The lowest BCUT2D eigenvalue weighted by Crippen LogP contribution is -2.34. The van der Waals surface area contributed by atoms with Gasteiger partial charge >= 0.3 is 0 Å². The highest BCUT2D eigenvalue weighted by Crippen LogP contribution is 2.38. The van der Waals surface area contributed by atoms with E-state index in [1.165, 1.54) is 12.1 Å². The molecule has 2 heteroatoms. The predicted octanol–water partition coefficient (Wildman–Crippen LogP) is 3.23. The van der Waals surface area contributed by atoms with Crippen LogP contribution < -0.4 is 5.32 Å². The maximum atomic E-state index is 12.9. The van der Waals surface area contributed by atoms with Crippen LogP contribution in [-0.4, -0.2) is 6.54 Å². The molecule has 1 aliphatic heterocycles. The zero-order valence-corrected chi connectivity index (χ0v) is 9.59. The summed E-state index contributed by atoms with van der Waals surface area (Å²) in [5.74, 6) is 0.854. The topological polar surface area (TPSA) is 14.1 Å². The first kappa shape index (κ1) is 10.7. The SMILES string of the molecule is Fc1ccc(C2[N]CCC3C=CC=CC32)cc1. The molecule has 1 nitrogen and oxygen atoms in total. The van der Waals surface area contributed by atoms with E-state index in [1.807, 2.05) is 12.1 Å². The molecule has 87 valence electrons. The van der Waals surface area contributed by atoms with E-state index in [-0.39, 0.29) is 11.9 Å². The van der Waals surface area contributed by atoms with Gasteiger partial charge in [-0.2, -0.15) is 0 Å². The Bertz CT molecular complexity index is 446. The molecule has 1 aromatic carbocycles. The van der Waals surface area contributed by atoms with E-state index >= 15 is 0 Å². The van der Waals surface area contributed by atoms with Crippen LogP contribution in [0.4, 0.5) is 4.39 Å². The Balaban J connectivity index is 1.89. The normalized spacial score (nSPS) is 31.2. The molecule has 1 fully saturated rings. The quantitative estimate of drug-likeness (QED) is 0.700. The van der Waals surface area contributed by atoms with Crippen molar-refractivity contribution >= 4 is 0 Å². The summed E-state index contributed by atoms with van der Waals surface area (Å²) in [6.45, 7) is 0.904. The van der Waals surface area contributed by atoms with Crippen molar-refractivity contribution in [2.75, 3.05) is 6.54 Å². The second kappa shape index (κ2) is 4.46. The van der Waals surface area contributed by atoms with E-state index in [0.717, 1.165) is 18.5 Å². The highest BCUT2D eigenvalue weighted by Gasteiger charge is 2.32. The van der Waals surface area contributed by atoms with Gasteiger partial charge in [-0.05, 0) is 30.0 Å². The fraction of sp³-hybridized carbons (Fsp3) is 0.333. The Morgan fingerprint density at radius 3 is 2.65 bits per heavy atom. The third-order valence-electron chi connectivity index (χ3n) is 3.66. The van der Waals surface area contributed by atoms with Crippen LogP contribution in [0.25, 0.3) is 0 Å². The summed E-state index contributed by atoms with van der Waals surface area (Å²) in [6, 6.07) is 6.96. The van der Waals surface area contributed by atoms with E-state index < -0.39 is 0 Å². The van der Waals surface area contributed by atoms with E-state index in [4.69, 9.17) is 5.32 Å². The molecule has 0 amide bonds. The van der Waals surface area contributed by atoms with Gasteiger partial charge in [0.1, 0.15) is 5.82 Å². The number of hydrogen-bond donors (Lipinski definition) is 0. The summed E-state index contributed by atoms with van der Waals surface area (Å²) in [5, 5.41) is 4.71. The van der Waals surface area contributed by atoms with Gasteiger partial charge in [-0.15, -0.1) is 0 Å². The number of nitrogens with zero attached hydrogens (tertiary/aromatic N) is 1. The van der Waals surface area contributed by atoms with Gasteiger partial charge in [0, 0.05) is 12.5 Å². The molecule has 3 rings (SSSR count). The minimum atomic E-state index is -0.180. The van der Waals surface area contributed by atoms with Crippen molar-refractivity contribution < 1.29 is 4.39 Å². The van der Waals surface area contributed by atoms with Gasteiger partial charge in [0.25, 0.3) is 0 Å². The zero-order valence-electron chi connectivity index (χ0n) is 9.59. The molecule has 0 spiro atoms. The lowest BCUT2D eigenvalue weighted by atomic mass is 9.76. The number of piperidine rings is 1. The monoisotopic (exact) mass is 228 g/mol. The van der Waals surface area contributed by atoms with E-state index in [9.17, 15) is 4.39 Å². The number of fused-ring (bicyclic) bond motifs is 1. The number of benzene rings is 1. The molecule has 0 saturated carbocycles. The molecule has 3 atom stereocenters. The predicted molar refractivity (Wildman–Crippen MR) is 66.0 cm³/mol. The van der Waals surface area contributed by atoms with Crippen LogP contribution in [0.3, 0.4) is 0 Å². The van der Waals surface area contributed by atoms with Crippen LogP contribution in [0.15, 0.2) is 48.6 Å².